The second-order valence-corrected chi connectivity index (χ2v) is 5.35. The summed E-state index contributed by atoms with van der Waals surface area (Å²) in [4.78, 5) is 12.6. The molecule has 1 aromatic heterocycles. The quantitative estimate of drug-likeness (QED) is 0.761. The van der Waals surface area contributed by atoms with Crippen molar-refractivity contribution in [3.63, 3.8) is 0 Å². The van der Waals surface area contributed by atoms with Crippen molar-refractivity contribution in [3.05, 3.63) is 75.6 Å². The lowest BCUT2D eigenvalue weighted by molar-refractivity contribution is 0.844. The summed E-state index contributed by atoms with van der Waals surface area (Å²) < 4.78 is 1.63. The van der Waals surface area contributed by atoms with Gasteiger partial charge < -0.3 is 0 Å². The van der Waals surface area contributed by atoms with Crippen molar-refractivity contribution < 1.29 is 0 Å². The zero-order valence-corrected chi connectivity index (χ0v) is 12.5. The number of benzene rings is 2. The predicted octanol–water partition coefficient (Wildman–Crippen LogP) is 3.76. The smallest absolute Gasteiger partial charge is 0.274 e. The van der Waals surface area contributed by atoms with E-state index in [1.807, 2.05) is 56.3 Å². The molecule has 1 heterocycles. The van der Waals surface area contributed by atoms with Crippen molar-refractivity contribution in [2.75, 3.05) is 0 Å². The number of nitrogens with one attached hydrogen (secondary N) is 1. The maximum absolute atomic E-state index is 12.6. The molecule has 0 unspecified atom stereocenters. The van der Waals surface area contributed by atoms with E-state index in [0.717, 1.165) is 33.6 Å². The Morgan fingerprint density at radius 3 is 2.14 bits per heavy atom. The number of hydrogen-bond donors (Lipinski definition) is 1. The molecule has 0 saturated carbocycles. The minimum absolute atomic E-state index is 0.00236. The van der Waals surface area contributed by atoms with Crippen LogP contribution in [0.2, 0.25) is 0 Å². The van der Waals surface area contributed by atoms with E-state index < -0.39 is 0 Å². The minimum Gasteiger partial charge on any atom is -0.290 e. The Hall–Kier alpha value is -2.55. The van der Waals surface area contributed by atoms with Gasteiger partial charge >= 0.3 is 0 Å². The van der Waals surface area contributed by atoms with E-state index in [9.17, 15) is 4.79 Å². The number of rotatable bonds is 2. The average Bonchev–Trinajstić information content (AvgIpc) is 2.77. The van der Waals surface area contributed by atoms with Crippen molar-refractivity contribution in [1.29, 1.82) is 0 Å². The Balaban J connectivity index is 2.24. The van der Waals surface area contributed by atoms with Gasteiger partial charge in [0.1, 0.15) is 0 Å². The highest BCUT2D eigenvalue weighted by Gasteiger charge is 2.15. The van der Waals surface area contributed by atoms with Gasteiger partial charge in [0.15, 0.2) is 0 Å². The molecule has 3 aromatic rings. The van der Waals surface area contributed by atoms with Crippen LogP contribution in [0.4, 0.5) is 0 Å². The highest BCUT2D eigenvalue weighted by molar-refractivity contribution is 5.66. The van der Waals surface area contributed by atoms with Crippen molar-refractivity contribution in [2.24, 2.45) is 0 Å². The monoisotopic (exact) mass is 278 g/mol. The predicted molar refractivity (Wildman–Crippen MR) is 86.0 cm³/mol. The molecule has 1 N–H and O–H groups in total. The molecule has 0 saturated heterocycles. The molecule has 21 heavy (non-hydrogen) atoms. The van der Waals surface area contributed by atoms with Gasteiger partial charge in [-0.2, -0.15) is 0 Å². The number of hydrogen-bond acceptors (Lipinski definition) is 1. The van der Waals surface area contributed by atoms with Crippen LogP contribution in [0.3, 0.4) is 0 Å². The van der Waals surface area contributed by atoms with Gasteiger partial charge in [0.05, 0.1) is 11.4 Å². The average molecular weight is 278 g/mol. The standard InChI is InChI=1S/C18H18N2O/c1-12-8-4-6-10-15(12)17-14(3)18(21)20(19-17)16-11-7-5-9-13(16)2/h4-11,19H,1-3H3. The van der Waals surface area contributed by atoms with Gasteiger partial charge in [-0.3, -0.25) is 9.89 Å². The van der Waals surface area contributed by atoms with E-state index in [0.29, 0.717) is 0 Å². The largest absolute Gasteiger partial charge is 0.290 e. The molecule has 0 fully saturated rings. The first-order valence-electron chi connectivity index (χ1n) is 7.03. The molecule has 0 aliphatic rings. The molecular weight excluding hydrogens is 260 g/mol. The number of aryl methyl sites for hydroxylation is 2. The van der Waals surface area contributed by atoms with Crippen LogP contribution in [0.5, 0.6) is 0 Å². The van der Waals surface area contributed by atoms with E-state index in [1.165, 1.54) is 0 Å². The summed E-state index contributed by atoms with van der Waals surface area (Å²) in [5, 5.41) is 3.27. The van der Waals surface area contributed by atoms with E-state index in [-0.39, 0.29) is 5.56 Å². The van der Waals surface area contributed by atoms with Crippen molar-refractivity contribution in [1.82, 2.24) is 9.78 Å². The summed E-state index contributed by atoms with van der Waals surface area (Å²) in [7, 11) is 0. The highest BCUT2D eigenvalue weighted by Crippen LogP contribution is 2.24. The van der Waals surface area contributed by atoms with Crippen LogP contribution in [0, 0.1) is 20.8 Å². The van der Waals surface area contributed by atoms with Crippen LogP contribution < -0.4 is 5.56 Å². The number of aromatic nitrogens is 2. The number of H-pyrrole nitrogens is 1. The Kier molecular flexibility index (Phi) is 3.26. The molecule has 0 amide bonds. The fourth-order valence-corrected chi connectivity index (χ4v) is 2.62. The van der Waals surface area contributed by atoms with Gasteiger partial charge in [0.2, 0.25) is 0 Å². The van der Waals surface area contributed by atoms with Crippen LogP contribution >= 0.6 is 0 Å². The molecule has 0 aliphatic heterocycles. The SMILES string of the molecule is Cc1ccccc1-c1[nH]n(-c2ccccc2C)c(=O)c1C. The molecule has 0 atom stereocenters. The Labute approximate surface area is 123 Å². The third-order valence-electron chi connectivity index (χ3n) is 3.89. The van der Waals surface area contributed by atoms with Crippen LogP contribution in [-0.4, -0.2) is 9.78 Å². The molecular formula is C18H18N2O. The Morgan fingerprint density at radius 2 is 1.48 bits per heavy atom. The van der Waals surface area contributed by atoms with Gasteiger partial charge in [0, 0.05) is 11.1 Å². The summed E-state index contributed by atoms with van der Waals surface area (Å²) in [6.45, 7) is 5.93. The van der Waals surface area contributed by atoms with Gasteiger partial charge in [0.25, 0.3) is 5.56 Å². The first kappa shape index (κ1) is 13.4. The summed E-state index contributed by atoms with van der Waals surface area (Å²) in [6.07, 6.45) is 0. The van der Waals surface area contributed by atoms with Crippen molar-refractivity contribution in [3.8, 4) is 16.9 Å². The Morgan fingerprint density at radius 1 is 0.857 bits per heavy atom. The van der Waals surface area contributed by atoms with E-state index >= 15 is 0 Å². The van der Waals surface area contributed by atoms with Gasteiger partial charge in [-0.15, -0.1) is 0 Å². The van der Waals surface area contributed by atoms with Gasteiger partial charge in [-0.1, -0.05) is 42.5 Å². The van der Waals surface area contributed by atoms with Crippen LogP contribution in [0.15, 0.2) is 53.3 Å². The fraction of sp³-hybridized carbons (Fsp3) is 0.167. The molecule has 3 rings (SSSR count). The summed E-state index contributed by atoms with van der Waals surface area (Å²) >= 11 is 0. The normalized spacial score (nSPS) is 10.8. The summed E-state index contributed by atoms with van der Waals surface area (Å²) in [5.74, 6) is 0. The van der Waals surface area contributed by atoms with Gasteiger partial charge in [-0.25, -0.2) is 4.68 Å². The number of nitrogens with zero attached hydrogens (tertiary/aromatic N) is 1. The zero-order chi connectivity index (χ0) is 15.0. The molecule has 0 radical (unpaired) electrons. The number of para-hydroxylation sites is 1. The van der Waals surface area contributed by atoms with E-state index in [1.54, 1.807) is 4.68 Å². The summed E-state index contributed by atoms with van der Waals surface area (Å²) in [5.41, 5.74) is 5.82. The topological polar surface area (TPSA) is 37.8 Å². The molecule has 0 spiro atoms. The number of aromatic amines is 1. The minimum atomic E-state index is 0.00236. The maximum Gasteiger partial charge on any atom is 0.274 e. The molecule has 3 heteroatoms. The van der Waals surface area contributed by atoms with Gasteiger partial charge in [-0.05, 0) is 38.0 Å². The molecule has 0 aliphatic carbocycles. The van der Waals surface area contributed by atoms with Crippen LogP contribution in [-0.2, 0) is 0 Å². The lowest BCUT2D eigenvalue weighted by Gasteiger charge is -2.06. The molecule has 2 aromatic carbocycles. The first-order chi connectivity index (χ1) is 10.1. The van der Waals surface area contributed by atoms with Crippen LogP contribution in [0.1, 0.15) is 16.7 Å². The van der Waals surface area contributed by atoms with Crippen LogP contribution in [0.25, 0.3) is 16.9 Å². The second-order valence-electron chi connectivity index (χ2n) is 5.35. The summed E-state index contributed by atoms with van der Waals surface area (Å²) in [6, 6.07) is 16.0. The third kappa shape index (κ3) is 2.21. The molecule has 0 bridgehead atoms. The third-order valence-corrected chi connectivity index (χ3v) is 3.89. The lowest BCUT2D eigenvalue weighted by atomic mass is 10.0. The lowest BCUT2D eigenvalue weighted by Crippen LogP contribution is -2.16. The molecule has 3 nitrogen and oxygen atoms in total. The highest BCUT2D eigenvalue weighted by atomic mass is 16.1. The molecule has 106 valence electrons. The van der Waals surface area contributed by atoms with E-state index in [4.69, 9.17) is 0 Å². The van der Waals surface area contributed by atoms with E-state index in [2.05, 4.69) is 18.1 Å². The van der Waals surface area contributed by atoms with Crippen molar-refractivity contribution >= 4 is 0 Å². The zero-order valence-electron chi connectivity index (χ0n) is 12.5. The van der Waals surface area contributed by atoms with Crippen molar-refractivity contribution in [2.45, 2.75) is 20.8 Å². The first-order valence-corrected chi connectivity index (χ1v) is 7.03. The fourth-order valence-electron chi connectivity index (χ4n) is 2.62. The Bertz CT molecular complexity index is 856. The second kappa shape index (κ2) is 5.09. The maximum atomic E-state index is 12.6.